The molecule has 0 radical (unpaired) electrons. The van der Waals surface area contributed by atoms with Gasteiger partial charge in [-0.25, -0.2) is 0 Å². The second-order valence-corrected chi connectivity index (χ2v) is 15.3. The van der Waals surface area contributed by atoms with E-state index in [1.54, 1.807) is 0 Å². The van der Waals surface area contributed by atoms with E-state index in [0.717, 1.165) is 5.76 Å². The molecule has 1 unspecified atom stereocenters. The Labute approximate surface area is 207 Å². The van der Waals surface area contributed by atoms with Crippen LogP contribution in [0.25, 0.3) is 23.0 Å². The molecule has 3 aromatic carbocycles. The number of fused-ring (bicyclic) bond motifs is 5. The summed E-state index contributed by atoms with van der Waals surface area (Å²) >= 11 is 1.08. The fourth-order valence-corrected chi connectivity index (χ4v) is 12.9. The van der Waals surface area contributed by atoms with E-state index < -0.39 is 19.7 Å². The monoisotopic (exact) mass is 590 g/mol. The van der Waals surface area contributed by atoms with Crippen molar-refractivity contribution < 1.29 is 49.3 Å². The van der Waals surface area contributed by atoms with Crippen molar-refractivity contribution in [2.24, 2.45) is 0 Å². The molecule has 2 aliphatic carbocycles. The molecule has 0 saturated heterocycles. The Morgan fingerprint density at radius 1 is 0.833 bits per heavy atom. The van der Waals surface area contributed by atoms with Crippen LogP contribution >= 0.6 is 24.8 Å². The van der Waals surface area contributed by atoms with Gasteiger partial charge in [0.2, 0.25) is 0 Å². The van der Waals surface area contributed by atoms with Crippen LogP contribution in [-0.2, 0) is 24.4 Å². The molecule has 0 saturated carbocycles. The molecule has 148 valence electrons. The molecule has 1 heterocycles. The molecule has 3 aromatic rings. The van der Waals surface area contributed by atoms with E-state index in [2.05, 4.69) is 94.8 Å². The molecular weight excluding hydrogens is 578 g/mol. The number of alkyl halides is 1. The third-order valence-corrected chi connectivity index (χ3v) is 14.2. The molecule has 0 bridgehead atoms. The minimum atomic E-state index is -2.45. The molecule has 0 spiro atoms. The summed E-state index contributed by atoms with van der Waals surface area (Å²) in [5.74, 6) is 0.997. The number of rotatable bonds is 2. The molecule has 6 heteroatoms. The van der Waals surface area contributed by atoms with Crippen LogP contribution in [-0.4, -0.2) is 5.01 Å². The van der Waals surface area contributed by atoms with E-state index in [1.807, 2.05) is 0 Å². The maximum absolute atomic E-state index is 6.41. The van der Waals surface area contributed by atoms with Crippen LogP contribution in [0.2, 0.25) is 0 Å². The summed E-state index contributed by atoms with van der Waals surface area (Å²) in [7, 11) is 6.41. The Morgan fingerprint density at radius 3 is 2.13 bits per heavy atom. The van der Waals surface area contributed by atoms with Crippen LogP contribution in [0, 0.1) is 0 Å². The molecule has 0 aromatic heterocycles. The molecule has 1 nitrogen and oxygen atoms in total. The maximum atomic E-state index is 6.41. The Bertz CT molecular complexity index is 1310. The van der Waals surface area contributed by atoms with Gasteiger partial charge >= 0.3 is 184 Å². The van der Waals surface area contributed by atoms with Gasteiger partial charge in [0.1, 0.15) is 0 Å². The quantitative estimate of drug-likeness (QED) is 0.332. The SMILES string of the molecule is [Cl-].[Cl-].[S]=[Zr+2]([c]1cccc2c1=CC1=CC(Br)OC=21)[CH]1c2ccccc2-c2ccccc21. The molecule has 0 fully saturated rings. The van der Waals surface area contributed by atoms with Crippen molar-refractivity contribution in [2.75, 3.05) is 0 Å². The number of benzene rings is 3. The normalized spacial score (nSPS) is 17.0. The average Bonchev–Trinajstić information content (AvgIpc) is 3.35. The van der Waals surface area contributed by atoms with Crippen molar-refractivity contribution in [3.63, 3.8) is 0 Å². The topological polar surface area (TPSA) is 9.23 Å². The van der Waals surface area contributed by atoms with Crippen molar-refractivity contribution in [1.29, 1.82) is 0 Å². The summed E-state index contributed by atoms with van der Waals surface area (Å²) in [6, 6.07) is 24.2. The Hall–Kier alpha value is -0.897. The van der Waals surface area contributed by atoms with Gasteiger partial charge in [-0.1, -0.05) is 0 Å². The molecule has 6 rings (SSSR count). The van der Waals surface area contributed by atoms with Crippen LogP contribution in [0.3, 0.4) is 0 Å². The zero-order valence-electron chi connectivity index (χ0n) is 15.6. The molecule has 1 atom stereocenters. The zero-order valence-corrected chi connectivity index (χ0v) is 22.0. The van der Waals surface area contributed by atoms with Gasteiger partial charge in [-0.3, -0.25) is 0 Å². The summed E-state index contributed by atoms with van der Waals surface area (Å²) in [5.41, 5.74) is 6.76. The Morgan fingerprint density at radius 2 is 1.47 bits per heavy atom. The number of hydrogen-bond donors (Lipinski definition) is 0. The molecule has 1 aliphatic heterocycles. The third kappa shape index (κ3) is 3.27. The second-order valence-electron chi connectivity index (χ2n) is 7.30. The fraction of sp³-hybridized carbons (Fsp3) is 0.0833. The van der Waals surface area contributed by atoms with Crippen molar-refractivity contribution >= 4 is 39.9 Å². The van der Waals surface area contributed by atoms with E-state index in [1.165, 1.54) is 41.5 Å². The predicted molar refractivity (Wildman–Crippen MR) is 116 cm³/mol. The van der Waals surface area contributed by atoms with Crippen LogP contribution < -0.4 is 38.5 Å². The third-order valence-electron chi connectivity index (χ3n) is 5.82. The average molecular weight is 593 g/mol. The summed E-state index contributed by atoms with van der Waals surface area (Å²) in [6.45, 7) is 0. The molecule has 30 heavy (non-hydrogen) atoms. The molecular formula is C24H15BrCl2OSZr. The van der Waals surface area contributed by atoms with E-state index in [9.17, 15) is 0 Å². The van der Waals surface area contributed by atoms with Gasteiger partial charge < -0.3 is 24.8 Å². The van der Waals surface area contributed by atoms with Gasteiger partial charge in [0.25, 0.3) is 0 Å². The van der Waals surface area contributed by atoms with Gasteiger partial charge in [-0.2, -0.15) is 0 Å². The van der Waals surface area contributed by atoms with Gasteiger partial charge in [-0.15, -0.1) is 0 Å². The van der Waals surface area contributed by atoms with Crippen LogP contribution in [0.5, 0.6) is 0 Å². The van der Waals surface area contributed by atoms with Crippen LogP contribution in [0.15, 0.2) is 78.4 Å². The van der Waals surface area contributed by atoms with Gasteiger partial charge in [0, 0.05) is 0 Å². The standard InChI is InChI=1S/C13H9.C11H6BrO.2ClH.S.Zr/c1-3-7-12-10(5-1)9-11-6-2-4-8-13(11)12;12-10-6-8-5-7-3-1-2-4-9(7)11(8)13-10;;;;/h1-9H;1-2,4-6,10H;2*1H;;/q;;;;;+2/p-2. The first-order valence-corrected chi connectivity index (χ1v) is 16.3. The molecule has 0 amide bonds. The van der Waals surface area contributed by atoms with Crippen molar-refractivity contribution in [3.05, 3.63) is 99.9 Å². The van der Waals surface area contributed by atoms with Gasteiger partial charge in [-0.05, 0) is 0 Å². The fourth-order valence-electron chi connectivity index (χ4n) is 4.65. The molecule has 0 N–H and O–H groups in total. The number of ether oxygens (including phenoxy) is 1. The first kappa shape index (κ1) is 22.3. The Kier molecular flexibility index (Phi) is 6.37. The van der Waals surface area contributed by atoms with E-state index in [-0.39, 0.29) is 29.8 Å². The van der Waals surface area contributed by atoms with Gasteiger partial charge in [0.15, 0.2) is 0 Å². The zero-order chi connectivity index (χ0) is 18.8. The van der Waals surface area contributed by atoms with E-state index in [4.69, 9.17) is 13.6 Å². The van der Waals surface area contributed by atoms with E-state index >= 15 is 0 Å². The summed E-state index contributed by atoms with van der Waals surface area (Å²) < 4.78 is 7.77. The first-order chi connectivity index (χ1) is 13.7. The van der Waals surface area contributed by atoms with Gasteiger partial charge in [0.05, 0.1) is 0 Å². The predicted octanol–water partition coefficient (Wildman–Crippen LogP) is -1.60. The molecule has 3 aliphatic rings. The summed E-state index contributed by atoms with van der Waals surface area (Å²) in [5, 5.41) is 2.48. The second kappa shape index (κ2) is 8.56. The first-order valence-electron chi connectivity index (χ1n) is 9.33. The Balaban J connectivity index is 0.00000109. The van der Waals surface area contributed by atoms with Crippen molar-refractivity contribution in [2.45, 2.75) is 8.64 Å². The summed E-state index contributed by atoms with van der Waals surface area (Å²) in [4.78, 5) is 0. The summed E-state index contributed by atoms with van der Waals surface area (Å²) in [6.07, 6.45) is 4.41. The number of hydrogen-bond acceptors (Lipinski definition) is 2. The minimum absolute atomic E-state index is 0. The van der Waals surface area contributed by atoms with Crippen molar-refractivity contribution in [3.8, 4) is 11.1 Å². The van der Waals surface area contributed by atoms with Crippen LogP contribution in [0.4, 0.5) is 0 Å². The number of halogens is 3. The van der Waals surface area contributed by atoms with E-state index in [0.29, 0.717) is 3.63 Å². The van der Waals surface area contributed by atoms with Crippen molar-refractivity contribution in [1.82, 2.24) is 0 Å². The van der Waals surface area contributed by atoms with Crippen LogP contribution in [0.1, 0.15) is 14.8 Å².